The minimum absolute atomic E-state index is 0.0191. The molecule has 0 aliphatic carbocycles. The maximum atomic E-state index is 11.2. The summed E-state index contributed by atoms with van der Waals surface area (Å²) in [6.45, 7) is 5.52. The topological polar surface area (TPSA) is 110 Å². The van der Waals surface area contributed by atoms with Gasteiger partial charge in [-0.05, 0) is 12.3 Å². The van der Waals surface area contributed by atoms with Gasteiger partial charge in [0.15, 0.2) is 0 Å². The van der Waals surface area contributed by atoms with Gasteiger partial charge < -0.3 is 10.4 Å². The fourth-order valence-electron chi connectivity index (χ4n) is 1.98. The molecule has 1 atom stereocenters. The van der Waals surface area contributed by atoms with E-state index in [2.05, 4.69) is 10.4 Å². The maximum Gasteiger partial charge on any atom is 0.333 e. The zero-order valence-corrected chi connectivity index (χ0v) is 12.1. The summed E-state index contributed by atoms with van der Waals surface area (Å²) in [4.78, 5) is 21.6. The fraction of sp³-hybridized carbons (Fsp3) is 0.667. The van der Waals surface area contributed by atoms with Crippen LogP contribution in [0.2, 0.25) is 0 Å². The van der Waals surface area contributed by atoms with Crippen molar-refractivity contribution in [3.8, 4) is 0 Å². The van der Waals surface area contributed by atoms with E-state index in [1.807, 2.05) is 13.8 Å². The number of aliphatic carboxylic acids is 1. The van der Waals surface area contributed by atoms with Gasteiger partial charge in [0, 0.05) is 13.1 Å². The Bertz CT molecular complexity index is 510. The van der Waals surface area contributed by atoms with E-state index in [1.54, 1.807) is 14.0 Å². The highest BCUT2D eigenvalue weighted by Crippen LogP contribution is 2.30. The van der Waals surface area contributed by atoms with E-state index in [0.717, 1.165) is 0 Å². The van der Waals surface area contributed by atoms with E-state index >= 15 is 0 Å². The van der Waals surface area contributed by atoms with Crippen molar-refractivity contribution >= 4 is 17.5 Å². The number of nitrogens with zero attached hydrogens (tertiary/aromatic N) is 3. The predicted octanol–water partition coefficient (Wildman–Crippen LogP) is 1.80. The van der Waals surface area contributed by atoms with Gasteiger partial charge in [-0.1, -0.05) is 20.8 Å². The van der Waals surface area contributed by atoms with Crippen LogP contribution in [0, 0.1) is 16.0 Å². The normalized spacial score (nSPS) is 12.4. The molecular formula is C12H20N4O4. The number of carbonyl (C=O) groups is 1. The van der Waals surface area contributed by atoms with Gasteiger partial charge in [0.05, 0.1) is 11.3 Å². The lowest BCUT2D eigenvalue weighted by Gasteiger charge is -2.21. The molecule has 0 aromatic carbocycles. The molecule has 0 radical (unpaired) electrons. The van der Waals surface area contributed by atoms with Gasteiger partial charge in [-0.3, -0.25) is 14.9 Å². The van der Waals surface area contributed by atoms with Crippen molar-refractivity contribution in [2.24, 2.45) is 13.0 Å². The van der Waals surface area contributed by atoms with Gasteiger partial charge >= 0.3 is 11.7 Å². The number of hydrogen-bond acceptors (Lipinski definition) is 5. The molecule has 1 heterocycles. The van der Waals surface area contributed by atoms with E-state index in [0.29, 0.717) is 12.1 Å². The van der Waals surface area contributed by atoms with Gasteiger partial charge in [-0.25, -0.2) is 4.68 Å². The largest absolute Gasteiger partial charge is 0.481 e. The van der Waals surface area contributed by atoms with Crippen molar-refractivity contribution in [2.75, 3.05) is 5.32 Å². The molecule has 112 valence electrons. The molecule has 0 fully saturated rings. The van der Waals surface area contributed by atoms with E-state index in [4.69, 9.17) is 5.11 Å². The summed E-state index contributed by atoms with van der Waals surface area (Å²) in [6.07, 6.45) is 0.332. The van der Waals surface area contributed by atoms with Gasteiger partial charge in [0.1, 0.15) is 5.69 Å². The molecule has 0 saturated carbocycles. The smallest absolute Gasteiger partial charge is 0.333 e. The Hall–Kier alpha value is -2.12. The molecule has 2 N–H and O–H groups in total. The van der Waals surface area contributed by atoms with Crippen LogP contribution in [0.5, 0.6) is 0 Å². The average Bonchev–Trinajstić information content (AvgIpc) is 2.64. The number of carboxylic acids is 1. The van der Waals surface area contributed by atoms with Gasteiger partial charge in [0.25, 0.3) is 0 Å². The monoisotopic (exact) mass is 284 g/mol. The molecule has 0 saturated heterocycles. The molecule has 0 amide bonds. The Kier molecular flexibility index (Phi) is 5.06. The third-order valence-electron chi connectivity index (χ3n) is 3.13. The van der Waals surface area contributed by atoms with E-state index in [9.17, 15) is 14.9 Å². The van der Waals surface area contributed by atoms with Crippen LogP contribution in [0.25, 0.3) is 0 Å². The molecule has 0 bridgehead atoms. The first-order valence-corrected chi connectivity index (χ1v) is 6.46. The SMILES string of the molecule is CCc1nn(C)c(NC(CC(=O)O)C(C)C)c1[N+](=O)[O-]. The Morgan fingerprint density at radius 1 is 1.55 bits per heavy atom. The number of carboxylic acid groups (broad SMARTS) is 1. The molecular weight excluding hydrogens is 264 g/mol. The Morgan fingerprint density at radius 2 is 2.15 bits per heavy atom. The lowest BCUT2D eigenvalue weighted by Crippen LogP contribution is -2.29. The quantitative estimate of drug-likeness (QED) is 0.583. The van der Waals surface area contributed by atoms with Gasteiger partial charge in [0.2, 0.25) is 5.82 Å². The fourth-order valence-corrected chi connectivity index (χ4v) is 1.98. The lowest BCUT2D eigenvalue weighted by molar-refractivity contribution is -0.384. The molecule has 1 aromatic heterocycles. The van der Waals surface area contributed by atoms with Crippen LogP contribution in [-0.4, -0.2) is 31.8 Å². The van der Waals surface area contributed by atoms with Crippen molar-refractivity contribution in [3.63, 3.8) is 0 Å². The molecule has 8 heteroatoms. The van der Waals surface area contributed by atoms with Crippen LogP contribution in [0.4, 0.5) is 11.5 Å². The average molecular weight is 284 g/mol. The van der Waals surface area contributed by atoms with E-state index in [-0.39, 0.29) is 23.8 Å². The van der Waals surface area contributed by atoms with Gasteiger partial charge in [-0.15, -0.1) is 0 Å². The van der Waals surface area contributed by atoms with Crippen LogP contribution in [0.3, 0.4) is 0 Å². The zero-order chi connectivity index (χ0) is 15.4. The molecule has 1 rings (SSSR count). The number of nitro groups is 1. The van der Waals surface area contributed by atoms with E-state index < -0.39 is 16.9 Å². The molecule has 0 aliphatic heterocycles. The summed E-state index contributed by atoms with van der Waals surface area (Å²) >= 11 is 0. The van der Waals surface area contributed by atoms with Crippen LogP contribution < -0.4 is 5.32 Å². The molecule has 20 heavy (non-hydrogen) atoms. The number of nitrogens with one attached hydrogen (secondary N) is 1. The van der Waals surface area contributed by atoms with Crippen LogP contribution in [0.15, 0.2) is 0 Å². The lowest BCUT2D eigenvalue weighted by atomic mass is 10.0. The summed E-state index contributed by atoms with van der Waals surface area (Å²) in [5.41, 5.74) is 0.309. The van der Waals surface area contributed by atoms with Crippen molar-refractivity contribution in [2.45, 2.75) is 39.7 Å². The second-order valence-corrected chi connectivity index (χ2v) is 4.97. The minimum atomic E-state index is -0.947. The zero-order valence-electron chi connectivity index (χ0n) is 12.1. The first kappa shape index (κ1) is 15.9. The highest BCUT2D eigenvalue weighted by atomic mass is 16.6. The number of aryl methyl sites for hydroxylation is 2. The van der Waals surface area contributed by atoms with E-state index in [1.165, 1.54) is 4.68 Å². The van der Waals surface area contributed by atoms with Crippen molar-refractivity contribution in [1.29, 1.82) is 0 Å². The third-order valence-corrected chi connectivity index (χ3v) is 3.13. The summed E-state index contributed by atoms with van der Waals surface area (Å²) in [6, 6.07) is -0.397. The molecule has 8 nitrogen and oxygen atoms in total. The molecule has 1 aromatic rings. The number of hydrogen-bond donors (Lipinski definition) is 2. The number of anilines is 1. The highest BCUT2D eigenvalue weighted by molar-refractivity contribution is 5.69. The van der Waals surface area contributed by atoms with Crippen LogP contribution >= 0.6 is 0 Å². The number of aromatic nitrogens is 2. The standard InChI is InChI=1S/C12H20N4O4/c1-5-8-11(16(19)20)12(15(4)14-8)13-9(7(2)3)6-10(17)18/h7,9,13H,5-6H2,1-4H3,(H,17,18). The second-order valence-electron chi connectivity index (χ2n) is 4.97. The first-order chi connectivity index (χ1) is 9.27. The van der Waals surface area contributed by atoms with Crippen LogP contribution in [0.1, 0.15) is 32.9 Å². The molecule has 0 spiro atoms. The summed E-state index contributed by atoms with van der Waals surface area (Å²) in [7, 11) is 1.60. The summed E-state index contributed by atoms with van der Waals surface area (Å²) in [5, 5.41) is 27.2. The molecule has 1 unspecified atom stereocenters. The maximum absolute atomic E-state index is 11.2. The summed E-state index contributed by atoms with van der Waals surface area (Å²) in [5.74, 6) is -0.672. The minimum Gasteiger partial charge on any atom is -0.481 e. The van der Waals surface area contributed by atoms with Crippen molar-refractivity contribution < 1.29 is 14.8 Å². The summed E-state index contributed by atoms with van der Waals surface area (Å²) < 4.78 is 1.40. The van der Waals surface area contributed by atoms with Crippen molar-refractivity contribution in [1.82, 2.24) is 9.78 Å². The van der Waals surface area contributed by atoms with Gasteiger partial charge in [-0.2, -0.15) is 5.10 Å². The Balaban J connectivity index is 3.15. The highest BCUT2D eigenvalue weighted by Gasteiger charge is 2.28. The third kappa shape index (κ3) is 3.46. The number of rotatable bonds is 7. The first-order valence-electron chi connectivity index (χ1n) is 6.46. The Morgan fingerprint density at radius 3 is 2.55 bits per heavy atom. The Labute approximate surface area is 116 Å². The molecule has 0 aliphatic rings. The van der Waals surface area contributed by atoms with Crippen LogP contribution in [-0.2, 0) is 18.3 Å². The van der Waals surface area contributed by atoms with Crippen molar-refractivity contribution in [3.05, 3.63) is 15.8 Å². The second kappa shape index (κ2) is 6.36. The predicted molar refractivity (Wildman–Crippen MR) is 73.7 cm³/mol.